The van der Waals surface area contributed by atoms with Crippen LogP contribution in [0.2, 0.25) is 0 Å². The molecule has 0 spiro atoms. The van der Waals surface area contributed by atoms with E-state index >= 15 is 0 Å². The van der Waals surface area contributed by atoms with Gasteiger partial charge in [0.05, 0.1) is 11.5 Å². The standard InChI is InChI=1S/C25H26FN3O4/c1-13(30)29-11-18-19(12-29)22(18)28-24(31)15-8-16-21(14-6-4-3-5-7-14)20(10-26)33-23(16)17(9-15)25(32)27-2/h3-9,18-22H,10-12H2,1-2H3,(H,27,32)(H,28,31)/t18-,19+,20?,21?,22?. The van der Waals surface area contributed by atoms with E-state index in [0.717, 1.165) is 5.56 Å². The number of nitrogens with one attached hydrogen (secondary N) is 2. The number of likely N-dealkylation sites (tertiary alicyclic amines) is 1. The van der Waals surface area contributed by atoms with Crippen LogP contribution in [0.15, 0.2) is 42.5 Å². The first kappa shape index (κ1) is 21.4. The lowest BCUT2D eigenvalue weighted by Gasteiger charge is -2.18. The third-order valence-electron chi connectivity index (χ3n) is 7.08. The maximum atomic E-state index is 13.9. The van der Waals surface area contributed by atoms with Crippen molar-refractivity contribution < 1.29 is 23.5 Å². The Kier molecular flexibility index (Phi) is 5.31. The molecule has 7 nitrogen and oxygen atoms in total. The summed E-state index contributed by atoms with van der Waals surface area (Å²) in [6.45, 7) is 2.14. The van der Waals surface area contributed by atoms with Crippen LogP contribution in [0.3, 0.4) is 0 Å². The van der Waals surface area contributed by atoms with Crippen molar-refractivity contribution in [3.63, 3.8) is 0 Å². The molecule has 5 rings (SSSR count). The molecule has 8 heteroatoms. The first-order valence-electron chi connectivity index (χ1n) is 11.2. The molecule has 5 atom stereocenters. The summed E-state index contributed by atoms with van der Waals surface area (Å²) in [5.74, 6) is -0.200. The smallest absolute Gasteiger partial charge is 0.254 e. The Morgan fingerprint density at radius 3 is 2.39 bits per heavy atom. The SMILES string of the molecule is CNC(=O)c1cc(C(=O)NC2[C@H]3CN(C(C)=O)C[C@@H]23)cc2c1OC(CF)C2c1ccccc1. The number of nitrogens with zero attached hydrogens (tertiary/aromatic N) is 1. The average Bonchev–Trinajstić information content (AvgIpc) is 3.18. The van der Waals surface area contributed by atoms with Crippen LogP contribution < -0.4 is 15.4 Å². The molecule has 2 aliphatic heterocycles. The average molecular weight is 451 g/mol. The Morgan fingerprint density at radius 2 is 1.79 bits per heavy atom. The van der Waals surface area contributed by atoms with Crippen molar-refractivity contribution in [3.8, 4) is 5.75 Å². The van der Waals surface area contributed by atoms with E-state index in [4.69, 9.17) is 4.74 Å². The Hall–Kier alpha value is -3.42. The Morgan fingerprint density at radius 1 is 1.09 bits per heavy atom. The molecule has 2 aromatic carbocycles. The van der Waals surface area contributed by atoms with Crippen molar-refractivity contribution in [2.45, 2.75) is 25.0 Å². The number of alkyl halides is 1. The molecule has 2 heterocycles. The largest absolute Gasteiger partial charge is 0.486 e. The molecule has 0 aromatic heterocycles. The second-order valence-electron chi connectivity index (χ2n) is 8.97. The van der Waals surface area contributed by atoms with Crippen LogP contribution in [0.1, 0.15) is 44.7 Å². The number of carbonyl (C=O) groups is 3. The van der Waals surface area contributed by atoms with Crippen LogP contribution in [0.25, 0.3) is 0 Å². The first-order chi connectivity index (χ1) is 15.9. The van der Waals surface area contributed by atoms with Crippen LogP contribution in [0, 0.1) is 11.8 Å². The fourth-order valence-electron chi connectivity index (χ4n) is 5.28. The highest BCUT2D eigenvalue weighted by Gasteiger charge is 2.57. The van der Waals surface area contributed by atoms with Crippen molar-refractivity contribution in [1.82, 2.24) is 15.5 Å². The Labute approximate surface area is 191 Å². The van der Waals surface area contributed by atoms with E-state index in [9.17, 15) is 18.8 Å². The van der Waals surface area contributed by atoms with Crippen molar-refractivity contribution in [3.05, 3.63) is 64.7 Å². The molecule has 33 heavy (non-hydrogen) atoms. The maximum absolute atomic E-state index is 13.9. The summed E-state index contributed by atoms with van der Waals surface area (Å²) in [5.41, 5.74) is 2.05. The van der Waals surface area contributed by atoms with Crippen molar-refractivity contribution in [1.29, 1.82) is 0 Å². The highest BCUT2D eigenvalue weighted by Crippen LogP contribution is 2.47. The molecule has 2 fully saturated rings. The molecule has 0 bridgehead atoms. The van der Waals surface area contributed by atoms with Gasteiger partial charge >= 0.3 is 0 Å². The van der Waals surface area contributed by atoms with E-state index in [2.05, 4.69) is 10.6 Å². The quantitative estimate of drug-likeness (QED) is 0.729. The molecule has 3 unspecified atom stereocenters. The van der Waals surface area contributed by atoms with Gasteiger partial charge in [0.15, 0.2) is 0 Å². The highest BCUT2D eigenvalue weighted by molar-refractivity contribution is 6.02. The number of fused-ring (bicyclic) bond motifs is 2. The lowest BCUT2D eigenvalue weighted by Crippen LogP contribution is -2.36. The van der Waals surface area contributed by atoms with Crippen molar-refractivity contribution in [2.75, 3.05) is 26.8 Å². The number of rotatable bonds is 5. The summed E-state index contributed by atoms with van der Waals surface area (Å²) in [7, 11) is 1.50. The van der Waals surface area contributed by atoms with E-state index in [0.29, 0.717) is 30.0 Å². The first-order valence-corrected chi connectivity index (χ1v) is 11.2. The van der Waals surface area contributed by atoms with E-state index in [1.807, 2.05) is 30.3 Å². The summed E-state index contributed by atoms with van der Waals surface area (Å²) in [5, 5.41) is 5.65. The number of ether oxygens (including phenoxy) is 1. The number of amides is 3. The summed E-state index contributed by atoms with van der Waals surface area (Å²) in [4.78, 5) is 39.2. The summed E-state index contributed by atoms with van der Waals surface area (Å²) < 4.78 is 19.8. The number of carbonyl (C=O) groups excluding carboxylic acids is 3. The Bertz CT molecular complexity index is 1110. The van der Waals surface area contributed by atoms with Gasteiger partial charge in [-0.1, -0.05) is 30.3 Å². The van der Waals surface area contributed by atoms with E-state index in [1.54, 1.807) is 17.9 Å². The van der Waals surface area contributed by atoms with Crippen LogP contribution in [-0.2, 0) is 4.79 Å². The minimum Gasteiger partial charge on any atom is -0.486 e. The summed E-state index contributed by atoms with van der Waals surface area (Å²) in [6, 6.07) is 12.6. The molecule has 1 saturated heterocycles. The topological polar surface area (TPSA) is 87.7 Å². The number of hydrogen-bond donors (Lipinski definition) is 2. The second kappa shape index (κ2) is 8.17. The number of benzene rings is 2. The molecule has 2 aromatic rings. The minimum absolute atomic E-state index is 0.0181. The number of halogens is 1. The number of hydrogen-bond acceptors (Lipinski definition) is 4. The normalized spacial score (nSPS) is 26.8. The molecule has 1 saturated carbocycles. The molecule has 0 radical (unpaired) electrons. The predicted molar refractivity (Wildman–Crippen MR) is 119 cm³/mol. The predicted octanol–water partition coefficient (Wildman–Crippen LogP) is 2.12. The third-order valence-corrected chi connectivity index (χ3v) is 7.08. The third kappa shape index (κ3) is 3.63. The molecular weight excluding hydrogens is 425 g/mol. The molecule has 1 aliphatic carbocycles. The zero-order chi connectivity index (χ0) is 23.3. The van der Waals surface area contributed by atoms with Gasteiger partial charge in [-0.15, -0.1) is 0 Å². The van der Waals surface area contributed by atoms with Crippen molar-refractivity contribution in [2.24, 2.45) is 11.8 Å². The van der Waals surface area contributed by atoms with Gasteiger partial charge in [-0.2, -0.15) is 0 Å². The molecule has 172 valence electrons. The molecular formula is C25H26FN3O4. The Balaban J connectivity index is 1.46. The number of piperidine rings is 1. The maximum Gasteiger partial charge on any atom is 0.254 e. The van der Waals surface area contributed by atoms with Gasteiger partial charge in [-0.25, -0.2) is 4.39 Å². The second-order valence-corrected chi connectivity index (χ2v) is 8.97. The zero-order valence-electron chi connectivity index (χ0n) is 18.5. The molecule has 2 N–H and O–H groups in total. The van der Waals surface area contributed by atoms with Gasteiger partial charge < -0.3 is 20.3 Å². The lowest BCUT2D eigenvalue weighted by molar-refractivity contribution is -0.128. The van der Waals surface area contributed by atoms with Crippen LogP contribution >= 0.6 is 0 Å². The monoisotopic (exact) mass is 451 g/mol. The van der Waals surface area contributed by atoms with Gasteiger partial charge in [0, 0.05) is 56.1 Å². The molecule has 3 aliphatic rings. The highest BCUT2D eigenvalue weighted by atomic mass is 19.1. The molecule has 3 amide bonds. The van der Waals surface area contributed by atoms with Gasteiger partial charge in [0.2, 0.25) is 5.91 Å². The zero-order valence-corrected chi connectivity index (χ0v) is 18.5. The van der Waals surface area contributed by atoms with Crippen LogP contribution in [0.4, 0.5) is 4.39 Å². The van der Waals surface area contributed by atoms with Crippen molar-refractivity contribution >= 4 is 17.7 Å². The fraction of sp³-hybridized carbons (Fsp3) is 0.400. The van der Waals surface area contributed by atoms with Crippen LogP contribution in [-0.4, -0.2) is 61.6 Å². The van der Waals surface area contributed by atoms with E-state index < -0.39 is 24.6 Å². The van der Waals surface area contributed by atoms with Gasteiger partial charge in [-0.3, -0.25) is 14.4 Å². The fourth-order valence-corrected chi connectivity index (χ4v) is 5.28. The van der Waals surface area contributed by atoms with E-state index in [-0.39, 0.29) is 35.3 Å². The minimum atomic E-state index is -0.774. The lowest BCUT2D eigenvalue weighted by atomic mass is 9.86. The summed E-state index contributed by atoms with van der Waals surface area (Å²) in [6.07, 6.45) is -0.774. The van der Waals surface area contributed by atoms with E-state index in [1.165, 1.54) is 13.1 Å². The van der Waals surface area contributed by atoms with Gasteiger partial charge in [0.1, 0.15) is 18.5 Å². The van der Waals surface area contributed by atoms with Crippen LogP contribution in [0.5, 0.6) is 5.75 Å². The van der Waals surface area contributed by atoms with Gasteiger partial charge in [-0.05, 0) is 17.7 Å². The van der Waals surface area contributed by atoms with Gasteiger partial charge in [0.25, 0.3) is 11.8 Å². The summed E-state index contributed by atoms with van der Waals surface area (Å²) >= 11 is 0.